The summed E-state index contributed by atoms with van der Waals surface area (Å²) in [6.07, 6.45) is -0.266. The summed E-state index contributed by atoms with van der Waals surface area (Å²) in [6.45, 7) is 1.61. The predicted octanol–water partition coefficient (Wildman–Crippen LogP) is 5.47. The Morgan fingerprint density at radius 3 is 2.53 bits per heavy atom. The molecule has 4 rings (SSSR count). The molecule has 38 heavy (non-hydrogen) atoms. The monoisotopic (exact) mass is 568 g/mol. The van der Waals surface area contributed by atoms with E-state index in [-0.39, 0.29) is 34.6 Å². The lowest BCUT2D eigenvalue weighted by Gasteiger charge is -2.40. The normalized spacial score (nSPS) is 20.5. The van der Waals surface area contributed by atoms with Crippen molar-refractivity contribution in [2.24, 2.45) is 0 Å². The molecule has 2 heterocycles. The van der Waals surface area contributed by atoms with Crippen LogP contribution in [0.2, 0.25) is 5.02 Å². The number of aryl methyl sites for hydroxylation is 1. The van der Waals surface area contributed by atoms with Gasteiger partial charge in [-0.3, -0.25) is 0 Å². The van der Waals surface area contributed by atoms with Crippen LogP contribution in [0.4, 0.5) is 13.2 Å². The van der Waals surface area contributed by atoms with E-state index in [2.05, 4.69) is 15.0 Å². The zero-order valence-electron chi connectivity index (χ0n) is 21.1. The van der Waals surface area contributed by atoms with Gasteiger partial charge < -0.3 is 9.64 Å². The maximum Gasteiger partial charge on any atom is 0.416 e. The zero-order valence-corrected chi connectivity index (χ0v) is 22.7. The van der Waals surface area contributed by atoms with Crippen LogP contribution >= 0.6 is 11.6 Å². The smallest absolute Gasteiger partial charge is 0.416 e. The zero-order chi connectivity index (χ0) is 27.7. The van der Waals surface area contributed by atoms with Crippen LogP contribution in [0.1, 0.15) is 47.7 Å². The first-order chi connectivity index (χ1) is 17.8. The van der Waals surface area contributed by atoms with Crippen molar-refractivity contribution in [2.75, 3.05) is 14.1 Å². The van der Waals surface area contributed by atoms with E-state index < -0.39 is 21.6 Å². The molecule has 3 atom stereocenters. The summed E-state index contributed by atoms with van der Waals surface area (Å²) in [5.74, 6) is -0.153. The van der Waals surface area contributed by atoms with Crippen LogP contribution < -0.4 is 4.74 Å². The topological polar surface area (TPSA) is 85.3 Å². The number of pyridine rings is 1. The third kappa shape index (κ3) is 6.44. The summed E-state index contributed by atoms with van der Waals surface area (Å²) in [7, 11) is 0.0918. The van der Waals surface area contributed by atoms with Crippen LogP contribution in [0.5, 0.6) is 5.88 Å². The molecule has 0 saturated heterocycles. The minimum absolute atomic E-state index is 0.0931. The molecule has 0 bridgehead atoms. The summed E-state index contributed by atoms with van der Waals surface area (Å²) in [6, 6.07) is 7.88. The van der Waals surface area contributed by atoms with E-state index in [9.17, 15) is 21.6 Å². The fraction of sp³-hybridized carbons (Fsp3) is 0.423. The van der Waals surface area contributed by atoms with Crippen molar-refractivity contribution in [3.8, 4) is 5.88 Å². The molecule has 0 aliphatic heterocycles. The summed E-state index contributed by atoms with van der Waals surface area (Å²) in [4.78, 5) is 14.3. The molecule has 12 heteroatoms. The number of nitrogens with zero attached hydrogens (tertiary/aromatic N) is 4. The Kier molecular flexibility index (Phi) is 8.29. The van der Waals surface area contributed by atoms with Gasteiger partial charge in [0.25, 0.3) is 0 Å². The number of benzene rings is 1. The van der Waals surface area contributed by atoms with Crippen LogP contribution in [-0.4, -0.2) is 54.5 Å². The van der Waals surface area contributed by atoms with Gasteiger partial charge in [-0.15, -0.1) is 0 Å². The number of aromatic nitrogens is 3. The minimum atomic E-state index is -4.45. The Bertz CT molecular complexity index is 1390. The molecule has 1 aromatic carbocycles. The molecule has 0 N–H and O–H groups in total. The van der Waals surface area contributed by atoms with E-state index in [1.165, 1.54) is 30.7 Å². The summed E-state index contributed by atoms with van der Waals surface area (Å²) in [5, 5.41) is 0.316. The van der Waals surface area contributed by atoms with Crippen LogP contribution in [0.15, 0.2) is 53.8 Å². The van der Waals surface area contributed by atoms with Gasteiger partial charge in [0.05, 0.1) is 27.6 Å². The lowest BCUT2D eigenvalue weighted by atomic mass is 9.79. The molecule has 0 unspecified atom stereocenters. The van der Waals surface area contributed by atoms with Gasteiger partial charge in [0.1, 0.15) is 12.4 Å². The summed E-state index contributed by atoms with van der Waals surface area (Å²) in [5.41, 5.74) is 0.457. The van der Waals surface area contributed by atoms with Gasteiger partial charge in [0, 0.05) is 23.3 Å². The molecule has 1 fully saturated rings. The first kappa shape index (κ1) is 28.3. The first-order valence-electron chi connectivity index (χ1n) is 12.0. The molecular formula is C26H28ClF3N4O3S. The highest BCUT2D eigenvalue weighted by Gasteiger charge is 2.37. The fourth-order valence-corrected chi connectivity index (χ4v) is 6.62. The second-order valence-corrected chi connectivity index (χ2v) is 12.0. The molecule has 0 radical (unpaired) electrons. The van der Waals surface area contributed by atoms with Gasteiger partial charge in [-0.2, -0.15) is 13.2 Å². The number of halogens is 4. The molecule has 3 aromatic rings. The van der Waals surface area contributed by atoms with Crippen LogP contribution in [0.3, 0.4) is 0 Å². The van der Waals surface area contributed by atoms with Crippen molar-refractivity contribution in [3.63, 3.8) is 0 Å². The molecule has 0 amide bonds. The van der Waals surface area contributed by atoms with Gasteiger partial charge in [0.15, 0.2) is 9.84 Å². The second-order valence-electron chi connectivity index (χ2n) is 9.62. The number of alkyl halides is 3. The van der Waals surface area contributed by atoms with Crippen molar-refractivity contribution >= 4 is 21.4 Å². The molecule has 2 aromatic heterocycles. The molecule has 7 nitrogen and oxygen atoms in total. The SMILES string of the molecule is Cc1nc(O[C@H]2CC[C@H](c3cc(C(F)(F)F)ccc3Cl)C[C@@H]2N(C)C)ccc1S(=O)(=O)Cc1ccncn1. The standard InChI is InChI=1S/C26H28ClF3N4O3S/c1-16-24(38(35,36)14-19-10-11-31-15-32-19)8-9-25(33-16)37-23-7-4-17(12-22(23)34(2)3)20-13-18(26(28,29)30)5-6-21(20)27/h5-6,8-11,13,15,17,22-23H,4,7,12,14H2,1-3H3/t17-,22-,23-/m0/s1. The van der Waals surface area contributed by atoms with Crippen molar-refractivity contribution in [3.05, 3.63) is 76.5 Å². The van der Waals surface area contributed by atoms with Gasteiger partial charge in [-0.25, -0.2) is 23.4 Å². The highest BCUT2D eigenvalue weighted by molar-refractivity contribution is 7.90. The van der Waals surface area contributed by atoms with Crippen molar-refractivity contribution in [1.29, 1.82) is 0 Å². The van der Waals surface area contributed by atoms with E-state index in [1.54, 1.807) is 13.0 Å². The maximum absolute atomic E-state index is 13.3. The Labute approximate surface area is 225 Å². The number of likely N-dealkylation sites (N-methyl/N-ethyl adjacent to an activating group) is 1. The fourth-order valence-electron chi connectivity index (χ4n) is 4.87. The third-order valence-corrected chi connectivity index (χ3v) is 8.90. The number of rotatable bonds is 7. The highest BCUT2D eigenvalue weighted by atomic mass is 35.5. The molecule has 1 saturated carbocycles. The van der Waals surface area contributed by atoms with E-state index in [0.29, 0.717) is 41.2 Å². The van der Waals surface area contributed by atoms with Crippen molar-refractivity contribution < 1.29 is 26.3 Å². The first-order valence-corrected chi connectivity index (χ1v) is 14.0. The van der Waals surface area contributed by atoms with Crippen LogP contribution in [0.25, 0.3) is 0 Å². The van der Waals surface area contributed by atoms with E-state index in [4.69, 9.17) is 16.3 Å². The van der Waals surface area contributed by atoms with E-state index in [1.807, 2.05) is 19.0 Å². The van der Waals surface area contributed by atoms with Crippen LogP contribution in [0, 0.1) is 6.92 Å². The molecule has 204 valence electrons. The van der Waals surface area contributed by atoms with Gasteiger partial charge >= 0.3 is 6.18 Å². The van der Waals surface area contributed by atoms with Gasteiger partial charge in [-0.05, 0) is 82.1 Å². The average molecular weight is 569 g/mol. The number of hydrogen-bond donors (Lipinski definition) is 0. The molecule has 1 aliphatic rings. The van der Waals surface area contributed by atoms with Crippen molar-refractivity contribution in [1.82, 2.24) is 19.9 Å². The molecule has 1 aliphatic carbocycles. The Balaban J connectivity index is 1.50. The number of sulfone groups is 1. The van der Waals surface area contributed by atoms with E-state index in [0.717, 1.165) is 12.1 Å². The van der Waals surface area contributed by atoms with Gasteiger partial charge in [0.2, 0.25) is 5.88 Å². The maximum atomic E-state index is 13.3. The van der Waals surface area contributed by atoms with Crippen LogP contribution in [-0.2, 0) is 21.8 Å². The minimum Gasteiger partial charge on any atom is -0.473 e. The largest absolute Gasteiger partial charge is 0.473 e. The van der Waals surface area contributed by atoms with Crippen molar-refractivity contribution in [2.45, 2.75) is 61.1 Å². The lowest BCUT2D eigenvalue weighted by molar-refractivity contribution is -0.137. The van der Waals surface area contributed by atoms with E-state index >= 15 is 0 Å². The average Bonchev–Trinajstić information content (AvgIpc) is 2.84. The summed E-state index contributed by atoms with van der Waals surface area (Å²) < 4.78 is 71.9. The Morgan fingerprint density at radius 2 is 1.89 bits per heavy atom. The summed E-state index contributed by atoms with van der Waals surface area (Å²) >= 11 is 6.31. The molecule has 0 spiro atoms. The number of hydrogen-bond acceptors (Lipinski definition) is 7. The predicted molar refractivity (Wildman–Crippen MR) is 137 cm³/mol. The number of ether oxygens (including phenoxy) is 1. The quantitative estimate of drug-likeness (QED) is 0.373. The second kappa shape index (κ2) is 11.2. The lowest BCUT2D eigenvalue weighted by Crippen LogP contribution is -2.46. The highest BCUT2D eigenvalue weighted by Crippen LogP contribution is 2.41. The Hall–Kier alpha value is -2.76. The molecular weight excluding hydrogens is 541 g/mol. The third-order valence-electron chi connectivity index (χ3n) is 6.78. The van der Waals surface area contributed by atoms with Gasteiger partial charge in [-0.1, -0.05) is 11.6 Å². The Morgan fingerprint density at radius 1 is 1.13 bits per heavy atom.